The highest BCUT2D eigenvalue weighted by Crippen LogP contribution is 2.48. The second-order valence-electron chi connectivity index (χ2n) is 7.15. The first kappa shape index (κ1) is 15.1. The molecule has 1 aliphatic rings. The summed E-state index contributed by atoms with van der Waals surface area (Å²) in [6, 6.07) is 18.5. The zero-order chi connectivity index (χ0) is 17.7. The molecule has 1 aliphatic carbocycles. The van der Waals surface area contributed by atoms with Gasteiger partial charge in [-0.25, -0.2) is 4.98 Å². The molecule has 1 saturated carbocycles. The number of aryl methyl sites for hydroxylation is 1. The highest BCUT2D eigenvalue weighted by atomic mass is 16.1. The molecule has 0 saturated heterocycles. The van der Waals surface area contributed by atoms with E-state index < -0.39 is 0 Å². The van der Waals surface area contributed by atoms with Crippen LogP contribution in [-0.2, 0) is 5.54 Å². The van der Waals surface area contributed by atoms with E-state index >= 15 is 0 Å². The van der Waals surface area contributed by atoms with Crippen LogP contribution < -0.4 is 5.32 Å². The fourth-order valence-electron chi connectivity index (χ4n) is 3.85. The van der Waals surface area contributed by atoms with Crippen LogP contribution in [0, 0.1) is 6.92 Å². The normalized spacial score (nSPS) is 15.3. The molecule has 0 radical (unpaired) electrons. The maximum Gasteiger partial charge on any atom is 0.252 e. The average molecular weight is 341 g/mol. The van der Waals surface area contributed by atoms with Gasteiger partial charge in [0, 0.05) is 5.56 Å². The molecule has 4 nitrogen and oxygen atoms in total. The van der Waals surface area contributed by atoms with Crippen molar-refractivity contribution in [3.05, 3.63) is 77.6 Å². The second kappa shape index (κ2) is 5.43. The minimum absolute atomic E-state index is 0.0298. The highest BCUT2D eigenvalue weighted by molar-refractivity contribution is 6.00. The van der Waals surface area contributed by atoms with Gasteiger partial charge in [0.1, 0.15) is 0 Å². The van der Waals surface area contributed by atoms with Crippen molar-refractivity contribution in [3.63, 3.8) is 0 Å². The summed E-state index contributed by atoms with van der Waals surface area (Å²) in [6.07, 6.45) is 3.59. The van der Waals surface area contributed by atoms with Crippen molar-refractivity contribution in [2.24, 2.45) is 0 Å². The fraction of sp³-hybridized carbons (Fsp3) is 0.182. The van der Waals surface area contributed by atoms with Gasteiger partial charge in [0.25, 0.3) is 5.91 Å². The number of hydrogen-bond acceptors (Lipinski definition) is 2. The first-order valence-corrected chi connectivity index (χ1v) is 8.91. The molecule has 5 rings (SSSR count). The largest absolute Gasteiger partial charge is 0.345 e. The van der Waals surface area contributed by atoms with Crippen LogP contribution in [0.15, 0.2) is 60.9 Å². The summed E-state index contributed by atoms with van der Waals surface area (Å²) in [5, 5.41) is 5.74. The van der Waals surface area contributed by atoms with Crippen molar-refractivity contribution >= 4 is 27.7 Å². The maximum absolute atomic E-state index is 13.0. The Labute approximate surface area is 151 Å². The lowest BCUT2D eigenvalue weighted by Gasteiger charge is -2.21. The molecule has 1 aromatic heterocycles. The Morgan fingerprint density at radius 2 is 1.92 bits per heavy atom. The van der Waals surface area contributed by atoms with E-state index in [1.807, 2.05) is 25.1 Å². The number of fused-ring (bicyclic) bond motifs is 2. The number of imidazole rings is 1. The van der Waals surface area contributed by atoms with Gasteiger partial charge in [-0.2, -0.15) is 0 Å². The number of rotatable bonds is 3. The lowest BCUT2D eigenvalue weighted by molar-refractivity contribution is 0.0930. The third-order valence-corrected chi connectivity index (χ3v) is 5.42. The summed E-state index contributed by atoms with van der Waals surface area (Å²) in [7, 11) is 0. The van der Waals surface area contributed by atoms with Gasteiger partial charge < -0.3 is 10.3 Å². The predicted molar refractivity (Wildman–Crippen MR) is 103 cm³/mol. The van der Waals surface area contributed by atoms with Crippen molar-refractivity contribution in [1.82, 2.24) is 15.3 Å². The van der Waals surface area contributed by atoms with E-state index in [1.54, 1.807) is 6.33 Å². The van der Waals surface area contributed by atoms with Crippen LogP contribution in [0.2, 0.25) is 0 Å². The third kappa shape index (κ3) is 2.30. The standard InChI is InChI=1S/C22H19N3O/c1-14-11-19-20(24-13-23-19)12-17(14)21(26)25-22(9-10-22)18-8-4-6-15-5-2-3-7-16(15)18/h2-8,11-13H,9-10H2,1H3,(H,23,24)(H,25,26). The molecule has 0 unspecified atom stereocenters. The molecule has 0 atom stereocenters. The van der Waals surface area contributed by atoms with Crippen molar-refractivity contribution in [1.29, 1.82) is 0 Å². The molecule has 1 fully saturated rings. The maximum atomic E-state index is 13.0. The Bertz CT molecular complexity index is 1150. The Kier molecular flexibility index (Phi) is 3.16. The molecule has 0 aliphatic heterocycles. The van der Waals surface area contributed by atoms with Gasteiger partial charge in [0.05, 0.1) is 22.9 Å². The van der Waals surface area contributed by atoms with Crippen molar-refractivity contribution in [2.45, 2.75) is 25.3 Å². The summed E-state index contributed by atoms with van der Waals surface area (Å²) in [5.74, 6) is -0.0298. The zero-order valence-electron chi connectivity index (χ0n) is 14.5. The average Bonchev–Trinajstić information content (AvgIpc) is 3.28. The number of aromatic nitrogens is 2. The topological polar surface area (TPSA) is 57.8 Å². The Hall–Kier alpha value is -3.14. The summed E-state index contributed by atoms with van der Waals surface area (Å²) in [4.78, 5) is 20.4. The van der Waals surface area contributed by atoms with Crippen LogP contribution in [0.1, 0.15) is 34.3 Å². The Morgan fingerprint density at radius 1 is 1.12 bits per heavy atom. The number of aromatic amines is 1. The molecule has 1 heterocycles. The molecule has 0 bridgehead atoms. The number of carbonyl (C=O) groups excluding carboxylic acids is 1. The van der Waals surface area contributed by atoms with E-state index in [0.717, 1.165) is 29.4 Å². The predicted octanol–water partition coefficient (Wildman–Crippen LogP) is 4.44. The van der Waals surface area contributed by atoms with Gasteiger partial charge >= 0.3 is 0 Å². The molecule has 128 valence electrons. The van der Waals surface area contributed by atoms with E-state index in [9.17, 15) is 4.79 Å². The van der Waals surface area contributed by atoms with Crippen LogP contribution in [0.4, 0.5) is 0 Å². The molecule has 3 aromatic carbocycles. The van der Waals surface area contributed by atoms with Crippen LogP contribution in [0.5, 0.6) is 0 Å². The summed E-state index contributed by atoms with van der Waals surface area (Å²) < 4.78 is 0. The molecule has 26 heavy (non-hydrogen) atoms. The van der Waals surface area contributed by atoms with Crippen LogP contribution in [-0.4, -0.2) is 15.9 Å². The molecule has 4 aromatic rings. The first-order valence-electron chi connectivity index (χ1n) is 8.91. The number of carbonyl (C=O) groups is 1. The summed E-state index contributed by atoms with van der Waals surface area (Å²) >= 11 is 0. The van der Waals surface area contributed by atoms with Crippen molar-refractivity contribution in [3.8, 4) is 0 Å². The lowest BCUT2D eigenvalue weighted by Crippen LogP contribution is -2.35. The van der Waals surface area contributed by atoms with Gasteiger partial charge in [0.15, 0.2) is 0 Å². The number of H-pyrrole nitrogens is 1. The number of nitrogens with zero attached hydrogens (tertiary/aromatic N) is 1. The monoisotopic (exact) mass is 341 g/mol. The quantitative estimate of drug-likeness (QED) is 0.579. The molecular formula is C22H19N3O. The van der Waals surface area contributed by atoms with E-state index in [2.05, 4.69) is 51.7 Å². The van der Waals surface area contributed by atoms with Gasteiger partial charge in [-0.05, 0) is 53.8 Å². The SMILES string of the molecule is Cc1cc2[nH]cnc2cc1C(=O)NC1(c2cccc3ccccc23)CC1. The van der Waals surface area contributed by atoms with Gasteiger partial charge in [-0.1, -0.05) is 42.5 Å². The van der Waals surface area contributed by atoms with Crippen LogP contribution in [0.3, 0.4) is 0 Å². The first-order chi connectivity index (χ1) is 12.7. The lowest BCUT2D eigenvalue weighted by atomic mass is 9.96. The minimum atomic E-state index is -0.259. The van der Waals surface area contributed by atoms with Gasteiger partial charge in [-0.15, -0.1) is 0 Å². The van der Waals surface area contributed by atoms with Crippen LogP contribution in [0.25, 0.3) is 21.8 Å². The Balaban J connectivity index is 1.53. The van der Waals surface area contributed by atoms with Crippen molar-refractivity contribution < 1.29 is 4.79 Å². The summed E-state index contributed by atoms with van der Waals surface area (Å²) in [5.41, 5.74) is 4.36. The molecule has 4 heteroatoms. The van der Waals surface area contributed by atoms with Crippen molar-refractivity contribution in [2.75, 3.05) is 0 Å². The van der Waals surface area contributed by atoms with Crippen LogP contribution >= 0.6 is 0 Å². The smallest absolute Gasteiger partial charge is 0.252 e. The molecule has 0 spiro atoms. The minimum Gasteiger partial charge on any atom is -0.345 e. The second-order valence-corrected chi connectivity index (χ2v) is 7.15. The number of benzene rings is 3. The summed E-state index contributed by atoms with van der Waals surface area (Å²) in [6.45, 7) is 1.96. The molecular weight excluding hydrogens is 322 g/mol. The number of nitrogens with one attached hydrogen (secondary N) is 2. The third-order valence-electron chi connectivity index (χ3n) is 5.42. The van der Waals surface area contributed by atoms with E-state index in [4.69, 9.17) is 0 Å². The van der Waals surface area contributed by atoms with E-state index in [-0.39, 0.29) is 11.4 Å². The van der Waals surface area contributed by atoms with E-state index in [0.29, 0.717) is 5.56 Å². The highest BCUT2D eigenvalue weighted by Gasteiger charge is 2.46. The number of amides is 1. The number of hydrogen-bond donors (Lipinski definition) is 2. The fourth-order valence-corrected chi connectivity index (χ4v) is 3.85. The molecule has 2 N–H and O–H groups in total. The van der Waals surface area contributed by atoms with E-state index in [1.165, 1.54) is 16.3 Å². The van der Waals surface area contributed by atoms with Gasteiger partial charge in [-0.3, -0.25) is 4.79 Å². The van der Waals surface area contributed by atoms with Gasteiger partial charge in [0.2, 0.25) is 0 Å². The molecule has 1 amide bonds. The Morgan fingerprint density at radius 3 is 2.77 bits per heavy atom. The zero-order valence-corrected chi connectivity index (χ0v) is 14.5.